The second kappa shape index (κ2) is 9.13. The molecule has 3 rings (SSSR count). The highest BCUT2D eigenvalue weighted by Crippen LogP contribution is 2.20. The molecular weight excluding hydrogens is 399 g/mol. The van der Waals surface area contributed by atoms with Gasteiger partial charge < -0.3 is 14.6 Å². The average Bonchev–Trinajstić information content (AvgIpc) is 2.97. The number of hydrogen-bond acceptors (Lipinski definition) is 4. The molecule has 0 spiro atoms. The van der Waals surface area contributed by atoms with Gasteiger partial charge in [-0.3, -0.25) is 4.79 Å². The number of amides is 1. The number of carbonyl (C=O) groups is 1. The molecule has 146 valence electrons. The first kappa shape index (κ1) is 20.2. The lowest BCUT2D eigenvalue weighted by molar-refractivity contribution is 0.0954. The number of benzene rings is 2. The van der Waals surface area contributed by atoms with Crippen LogP contribution < -0.4 is 10.1 Å². The Balaban J connectivity index is 1.50. The van der Waals surface area contributed by atoms with Crippen molar-refractivity contribution < 1.29 is 14.1 Å². The molecule has 0 bridgehead atoms. The minimum absolute atomic E-state index is 0.148. The molecule has 0 atom stereocenters. The largest absolute Gasteiger partial charge is 0.489 e. The van der Waals surface area contributed by atoms with E-state index in [9.17, 15) is 4.79 Å². The standard InChI is InChI=1S/C21H20Cl2N2O3/c1-13-20(14(2)28-25-13)12-27-19-5-3-16(4-6-19)21(26)24-8-7-15-9-17(22)11-18(23)10-15/h3-6,9-11H,7-8,12H2,1-2H3,(H,24,26). The zero-order valence-corrected chi connectivity index (χ0v) is 17.1. The Labute approximate surface area is 173 Å². The van der Waals surface area contributed by atoms with Crippen LogP contribution in [-0.4, -0.2) is 17.6 Å². The molecule has 5 nitrogen and oxygen atoms in total. The Morgan fingerprint density at radius 3 is 2.39 bits per heavy atom. The van der Waals surface area contributed by atoms with Crippen molar-refractivity contribution in [1.82, 2.24) is 10.5 Å². The maximum Gasteiger partial charge on any atom is 0.251 e. The zero-order valence-electron chi connectivity index (χ0n) is 15.6. The van der Waals surface area contributed by atoms with E-state index in [0.29, 0.717) is 40.9 Å². The number of aryl methyl sites for hydroxylation is 2. The molecule has 0 aliphatic rings. The van der Waals surface area contributed by atoms with Gasteiger partial charge in [-0.2, -0.15) is 0 Å². The van der Waals surface area contributed by atoms with Gasteiger partial charge in [0.05, 0.1) is 11.3 Å². The van der Waals surface area contributed by atoms with Gasteiger partial charge in [-0.1, -0.05) is 28.4 Å². The number of ether oxygens (including phenoxy) is 1. The van der Waals surface area contributed by atoms with E-state index in [1.54, 1.807) is 30.3 Å². The highest BCUT2D eigenvalue weighted by molar-refractivity contribution is 6.34. The third-order valence-corrected chi connectivity index (χ3v) is 4.74. The van der Waals surface area contributed by atoms with Gasteiger partial charge in [0.25, 0.3) is 5.91 Å². The van der Waals surface area contributed by atoms with Crippen LogP contribution in [-0.2, 0) is 13.0 Å². The fourth-order valence-corrected chi connectivity index (χ4v) is 3.31. The summed E-state index contributed by atoms with van der Waals surface area (Å²) in [7, 11) is 0. The Hall–Kier alpha value is -2.50. The van der Waals surface area contributed by atoms with Gasteiger partial charge in [0.1, 0.15) is 18.1 Å². The summed E-state index contributed by atoms with van der Waals surface area (Å²) in [4.78, 5) is 12.3. The summed E-state index contributed by atoms with van der Waals surface area (Å²) >= 11 is 12.0. The molecule has 0 saturated heterocycles. The van der Waals surface area contributed by atoms with Gasteiger partial charge >= 0.3 is 0 Å². The molecule has 2 aromatic carbocycles. The van der Waals surface area contributed by atoms with Crippen LogP contribution in [0.15, 0.2) is 47.0 Å². The maximum absolute atomic E-state index is 12.3. The first-order valence-electron chi connectivity index (χ1n) is 8.80. The molecule has 1 N–H and O–H groups in total. The van der Waals surface area contributed by atoms with Crippen LogP contribution >= 0.6 is 23.2 Å². The third kappa shape index (κ3) is 5.27. The summed E-state index contributed by atoms with van der Waals surface area (Å²) in [5.74, 6) is 1.27. The van der Waals surface area contributed by atoms with E-state index in [1.807, 2.05) is 26.0 Å². The molecule has 0 aliphatic carbocycles. The highest BCUT2D eigenvalue weighted by Gasteiger charge is 2.10. The molecule has 0 unspecified atom stereocenters. The smallest absolute Gasteiger partial charge is 0.251 e. The van der Waals surface area contributed by atoms with E-state index < -0.39 is 0 Å². The second-order valence-corrected chi connectivity index (χ2v) is 7.27. The van der Waals surface area contributed by atoms with Crippen LogP contribution in [0.5, 0.6) is 5.75 Å². The van der Waals surface area contributed by atoms with E-state index in [-0.39, 0.29) is 5.91 Å². The quantitative estimate of drug-likeness (QED) is 0.575. The fraction of sp³-hybridized carbons (Fsp3) is 0.238. The van der Waals surface area contributed by atoms with Gasteiger partial charge in [-0.25, -0.2) is 0 Å². The van der Waals surface area contributed by atoms with Crippen LogP contribution in [0.4, 0.5) is 0 Å². The van der Waals surface area contributed by atoms with Crippen molar-refractivity contribution in [2.45, 2.75) is 26.9 Å². The molecule has 1 aromatic heterocycles. The second-order valence-electron chi connectivity index (χ2n) is 6.40. The fourth-order valence-electron chi connectivity index (χ4n) is 2.74. The molecule has 7 heteroatoms. The lowest BCUT2D eigenvalue weighted by atomic mass is 10.1. The summed E-state index contributed by atoms with van der Waals surface area (Å²) < 4.78 is 10.9. The normalized spacial score (nSPS) is 10.7. The Bertz CT molecular complexity index is 929. The average molecular weight is 419 g/mol. The predicted molar refractivity (Wildman–Crippen MR) is 109 cm³/mol. The summed E-state index contributed by atoms with van der Waals surface area (Å²) in [6.45, 7) is 4.58. The number of carbonyl (C=O) groups excluding carboxylic acids is 1. The first-order valence-corrected chi connectivity index (χ1v) is 9.56. The zero-order chi connectivity index (χ0) is 20.1. The van der Waals surface area contributed by atoms with Crippen molar-refractivity contribution in [3.63, 3.8) is 0 Å². The topological polar surface area (TPSA) is 64.4 Å². The SMILES string of the molecule is Cc1noc(C)c1COc1ccc(C(=O)NCCc2cc(Cl)cc(Cl)c2)cc1. The third-order valence-electron chi connectivity index (χ3n) is 4.30. The number of nitrogens with zero attached hydrogens (tertiary/aromatic N) is 1. The Morgan fingerprint density at radius 2 is 1.79 bits per heavy atom. The van der Waals surface area contributed by atoms with Crippen molar-refractivity contribution >= 4 is 29.1 Å². The summed E-state index contributed by atoms with van der Waals surface area (Å²) in [6, 6.07) is 12.4. The van der Waals surface area contributed by atoms with E-state index in [2.05, 4.69) is 10.5 Å². The molecule has 1 amide bonds. The summed E-state index contributed by atoms with van der Waals surface area (Å²) in [5.41, 5.74) is 3.28. The van der Waals surface area contributed by atoms with Crippen LogP contribution in [0.25, 0.3) is 0 Å². The summed E-state index contributed by atoms with van der Waals surface area (Å²) in [6.07, 6.45) is 0.644. The lowest BCUT2D eigenvalue weighted by Gasteiger charge is -2.08. The molecular formula is C21H20Cl2N2O3. The monoisotopic (exact) mass is 418 g/mol. The number of hydrogen-bond donors (Lipinski definition) is 1. The van der Waals surface area contributed by atoms with Crippen molar-refractivity contribution in [1.29, 1.82) is 0 Å². The van der Waals surface area contributed by atoms with E-state index in [0.717, 1.165) is 22.6 Å². The number of aromatic nitrogens is 1. The van der Waals surface area contributed by atoms with E-state index in [4.69, 9.17) is 32.5 Å². The van der Waals surface area contributed by atoms with E-state index in [1.165, 1.54) is 0 Å². The number of halogens is 2. The molecule has 1 heterocycles. The number of rotatable bonds is 7. The summed E-state index contributed by atoms with van der Waals surface area (Å²) in [5, 5.41) is 7.96. The maximum atomic E-state index is 12.3. The van der Waals surface area contributed by atoms with E-state index >= 15 is 0 Å². The molecule has 28 heavy (non-hydrogen) atoms. The molecule has 0 saturated carbocycles. The van der Waals surface area contributed by atoms with Gasteiger partial charge in [0, 0.05) is 22.2 Å². The van der Waals surface area contributed by atoms with Gasteiger partial charge in [-0.05, 0) is 68.3 Å². The van der Waals surface area contributed by atoms with Crippen LogP contribution in [0.1, 0.15) is 32.9 Å². The molecule has 0 fully saturated rings. The van der Waals surface area contributed by atoms with Crippen LogP contribution in [0.3, 0.4) is 0 Å². The van der Waals surface area contributed by atoms with Crippen molar-refractivity contribution in [2.24, 2.45) is 0 Å². The minimum Gasteiger partial charge on any atom is -0.489 e. The Kier molecular flexibility index (Phi) is 6.60. The van der Waals surface area contributed by atoms with Gasteiger partial charge in [0.15, 0.2) is 0 Å². The van der Waals surface area contributed by atoms with Gasteiger partial charge in [0.2, 0.25) is 0 Å². The van der Waals surface area contributed by atoms with Crippen molar-refractivity contribution in [3.8, 4) is 5.75 Å². The predicted octanol–water partition coefficient (Wildman–Crippen LogP) is 5.15. The lowest BCUT2D eigenvalue weighted by Crippen LogP contribution is -2.25. The minimum atomic E-state index is -0.148. The molecule has 3 aromatic rings. The molecule has 0 aliphatic heterocycles. The number of nitrogens with one attached hydrogen (secondary N) is 1. The van der Waals surface area contributed by atoms with Crippen molar-refractivity contribution in [3.05, 3.63) is 80.7 Å². The van der Waals surface area contributed by atoms with Gasteiger partial charge in [-0.15, -0.1) is 0 Å². The Morgan fingerprint density at radius 1 is 1.11 bits per heavy atom. The van der Waals surface area contributed by atoms with Crippen LogP contribution in [0.2, 0.25) is 10.0 Å². The van der Waals surface area contributed by atoms with Crippen molar-refractivity contribution in [2.75, 3.05) is 6.54 Å². The highest BCUT2D eigenvalue weighted by atomic mass is 35.5. The first-order chi connectivity index (χ1) is 13.4. The van der Waals surface area contributed by atoms with Crippen LogP contribution in [0, 0.1) is 13.8 Å². The molecule has 0 radical (unpaired) electrons.